The topological polar surface area (TPSA) is 84.2 Å². The highest BCUT2D eigenvalue weighted by Gasteiger charge is 2.05. The Bertz CT molecular complexity index is 429. The molecule has 0 aliphatic rings. The molecule has 0 aliphatic carbocycles. The number of carbonyl (C=O) groups is 2. The Hall–Kier alpha value is -1.88. The van der Waals surface area contributed by atoms with Crippen molar-refractivity contribution in [1.82, 2.24) is 10.6 Å². The first kappa shape index (κ1) is 16.2. The van der Waals surface area contributed by atoms with Crippen LogP contribution in [0, 0.1) is 0 Å². The summed E-state index contributed by atoms with van der Waals surface area (Å²) in [6, 6.07) is 7.23. The summed E-state index contributed by atoms with van der Waals surface area (Å²) in [5, 5.41) is 5.63. The molecule has 1 aromatic rings. The lowest BCUT2D eigenvalue weighted by Crippen LogP contribution is -2.26. The van der Waals surface area contributed by atoms with Crippen LogP contribution in [0.4, 0.5) is 0 Å². The van der Waals surface area contributed by atoms with E-state index in [0.717, 1.165) is 18.4 Å². The van der Waals surface area contributed by atoms with Crippen LogP contribution in [0.15, 0.2) is 24.3 Å². The monoisotopic (exact) mass is 277 g/mol. The highest BCUT2D eigenvalue weighted by atomic mass is 16.2. The maximum Gasteiger partial charge on any atom is 0.251 e. The van der Waals surface area contributed by atoms with Crippen LogP contribution in [-0.4, -0.2) is 24.9 Å². The molecule has 0 radical (unpaired) electrons. The SMILES string of the molecule is CCCC(=O)NCc1ccc(C(=O)NCCCN)cc1. The molecule has 0 aromatic heterocycles. The van der Waals surface area contributed by atoms with Crippen LogP contribution in [0.3, 0.4) is 0 Å². The number of benzene rings is 1. The molecule has 2 amide bonds. The van der Waals surface area contributed by atoms with Crippen molar-refractivity contribution in [3.05, 3.63) is 35.4 Å². The average molecular weight is 277 g/mol. The van der Waals surface area contributed by atoms with Gasteiger partial charge in [-0.3, -0.25) is 9.59 Å². The summed E-state index contributed by atoms with van der Waals surface area (Å²) in [5.74, 6) is -0.0453. The van der Waals surface area contributed by atoms with Gasteiger partial charge in [0.1, 0.15) is 0 Å². The third-order valence-corrected chi connectivity index (χ3v) is 2.85. The molecule has 0 saturated heterocycles. The zero-order valence-electron chi connectivity index (χ0n) is 11.9. The van der Waals surface area contributed by atoms with Crippen molar-refractivity contribution in [3.63, 3.8) is 0 Å². The predicted octanol–water partition coefficient (Wildman–Crippen LogP) is 1.18. The molecule has 20 heavy (non-hydrogen) atoms. The van der Waals surface area contributed by atoms with E-state index >= 15 is 0 Å². The Labute approximate surface area is 119 Å². The van der Waals surface area contributed by atoms with E-state index in [1.165, 1.54) is 0 Å². The van der Waals surface area contributed by atoms with Gasteiger partial charge in [-0.2, -0.15) is 0 Å². The van der Waals surface area contributed by atoms with Gasteiger partial charge >= 0.3 is 0 Å². The van der Waals surface area contributed by atoms with E-state index in [-0.39, 0.29) is 11.8 Å². The predicted molar refractivity (Wildman–Crippen MR) is 79.2 cm³/mol. The minimum Gasteiger partial charge on any atom is -0.352 e. The average Bonchev–Trinajstić information content (AvgIpc) is 2.46. The fourth-order valence-electron chi connectivity index (χ4n) is 1.70. The van der Waals surface area contributed by atoms with E-state index in [1.807, 2.05) is 19.1 Å². The third-order valence-electron chi connectivity index (χ3n) is 2.85. The maximum absolute atomic E-state index is 11.8. The van der Waals surface area contributed by atoms with Crippen LogP contribution in [0.2, 0.25) is 0 Å². The molecule has 4 N–H and O–H groups in total. The quantitative estimate of drug-likeness (QED) is 0.624. The first-order chi connectivity index (χ1) is 9.67. The van der Waals surface area contributed by atoms with E-state index < -0.39 is 0 Å². The van der Waals surface area contributed by atoms with Crippen LogP contribution in [0.25, 0.3) is 0 Å². The molecule has 0 unspecified atom stereocenters. The van der Waals surface area contributed by atoms with Gasteiger partial charge < -0.3 is 16.4 Å². The fraction of sp³-hybridized carbons (Fsp3) is 0.467. The van der Waals surface area contributed by atoms with Crippen LogP contribution >= 0.6 is 0 Å². The van der Waals surface area contributed by atoms with E-state index in [4.69, 9.17) is 5.73 Å². The number of hydrogen-bond acceptors (Lipinski definition) is 3. The van der Waals surface area contributed by atoms with Crippen molar-refractivity contribution >= 4 is 11.8 Å². The number of rotatable bonds is 8. The van der Waals surface area contributed by atoms with Crippen molar-refractivity contribution in [1.29, 1.82) is 0 Å². The Kier molecular flexibility index (Phi) is 7.35. The molecule has 110 valence electrons. The van der Waals surface area contributed by atoms with Gasteiger partial charge in [-0.05, 0) is 37.1 Å². The van der Waals surface area contributed by atoms with Crippen LogP contribution in [0.1, 0.15) is 42.1 Å². The van der Waals surface area contributed by atoms with Crippen molar-refractivity contribution in [3.8, 4) is 0 Å². The Morgan fingerprint density at radius 2 is 1.85 bits per heavy atom. The maximum atomic E-state index is 11.8. The lowest BCUT2D eigenvalue weighted by atomic mass is 10.1. The Morgan fingerprint density at radius 3 is 2.45 bits per heavy atom. The molecule has 0 atom stereocenters. The van der Waals surface area contributed by atoms with Crippen molar-refractivity contribution in [2.75, 3.05) is 13.1 Å². The zero-order valence-corrected chi connectivity index (χ0v) is 11.9. The minimum absolute atomic E-state index is 0.0519. The van der Waals surface area contributed by atoms with Crippen LogP contribution in [0.5, 0.6) is 0 Å². The number of nitrogens with one attached hydrogen (secondary N) is 2. The second-order valence-electron chi connectivity index (χ2n) is 4.62. The largest absolute Gasteiger partial charge is 0.352 e. The Morgan fingerprint density at radius 1 is 1.15 bits per heavy atom. The standard InChI is InChI=1S/C15H23N3O2/c1-2-4-14(19)18-11-12-5-7-13(8-6-12)15(20)17-10-3-9-16/h5-8H,2-4,9-11,16H2,1H3,(H,17,20)(H,18,19). The molecule has 5 nitrogen and oxygen atoms in total. The summed E-state index contributed by atoms with van der Waals surface area (Å²) in [4.78, 5) is 23.1. The van der Waals surface area contributed by atoms with Crippen molar-refractivity contribution < 1.29 is 9.59 Å². The van der Waals surface area contributed by atoms with Gasteiger partial charge in [0.05, 0.1) is 0 Å². The summed E-state index contributed by atoms with van der Waals surface area (Å²) in [5.41, 5.74) is 6.96. The van der Waals surface area contributed by atoms with Gasteiger partial charge in [-0.1, -0.05) is 19.1 Å². The first-order valence-corrected chi connectivity index (χ1v) is 7.01. The van der Waals surface area contributed by atoms with Crippen molar-refractivity contribution in [2.45, 2.75) is 32.7 Å². The van der Waals surface area contributed by atoms with E-state index in [0.29, 0.717) is 31.6 Å². The summed E-state index contributed by atoms with van der Waals surface area (Å²) in [6.07, 6.45) is 2.16. The smallest absolute Gasteiger partial charge is 0.251 e. The highest BCUT2D eigenvalue weighted by molar-refractivity contribution is 5.94. The zero-order chi connectivity index (χ0) is 14.8. The Balaban J connectivity index is 2.43. The second kappa shape index (κ2) is 9.09. The van der Waals surface area contributed by atoms with Gasteiger partial charge in [-0.25, -0.2) is 0 Å². The molecule has 0 aliphatic heterocycles. The summed E-state index contributed by atoms with van der Waals surface area (Å²) < 4.78 is 0. The minimum atomic E-state index is -0.0972. The van der Waals surface area contributed by atoms with E-state index in [2.05, 4.69) is 10.6 Å². The molecule has 0 fully saturated rings. The second-order valence-corrected chi connectivity index (χ2v) is 4.62. The fourth-order valence-corrected chi connectivity index (χ4v) is 1.70. The normalized spacial score (nSPS) is 10.1. The summed E-state index contributed by atoms with van der Waals surface area (Å²) in [6.45, 7) is 3.62. The molecule has 5 heteroatoms. The molecule has 1 aromatic carbocycles. The van der Waals surface area contributed by atoms with Gasteiger partial charge in [0.25, 0.3) is 5.91 Å². The van der Waals surface area contributed by atoms with Gasteiger partial charge in [0.2, 0.25) is 5.91 Å². The molecular formula is C15H23N3O2. The summed E-state index contributed by atoms with van der Waals surface area (Å²) in [7, 11) is 0. The number of carbonyl (C=O) groups excluding carboxylic acids is 2. The summed E-state index contributed by atoms with van der Waals surface area (Å²) >= 11 is 0. The highest BCUT2D eigenvalue weighted by Crippen LogP contribution is 2.04. The molecule has 0 bridgehead atoms. The van der Waals surface area contributed by atoms with Gasteiger partial charge in [0, 0.05) is 25.1 Å². The molecule has 0 spiro atoms. The third kappa shape index (κ3) is 5.84. The number of hydrogen-bond donors (Lipinski definition) is 3. The molecular weight excluding hydrogens is 254 g/mol. The molecule has 0 saturated carbocycles. The molecule has 1 rings (SSSR count). The van der Waals surface area contributed by atoms with E-state index in [9.17, 15) is 9.59 Å². The lowest BCUT2D eigenvalue weighted by Gasteiger charge is -2.07. The number of amides is 2. The van der Waals surface area contributed by atoms with E-state index in [1.54, 1.807) is 12.1 Å². The van der Waals surface area contributed by atoms with Crippen LogP contribution < -0.4 is 16.4 Å². The van der Waals surface area contributed by atoms with Crippen LogP contribution in [-0.2, 0) is 11.3 Å². The molecule has 0 heterocycles. The van der Waals surface area contributed by atoms with Gasteiger partial charge in [-0.15, -0.1) is 0 Å². The van der Waals surface area contributed by atoms with Gasteiger partial charge in [0.15, 0.2) is 0 Å². The number of nitrogens with two attached hydrogens (primary N) is 1. The van der Waals surface area contributed by atoms with Crippen molar-refractivity contribution in [2.24, 2.45) is 5.73 Å². The lowest BCUT2D eigenvalue weighted by molar-refractivity contribution is -0.121. The first-order valence-electron chi connectivity index (χ1n) is 7.01.